The Morgan fingerprint density at radius 3 is 2.56 bits per heavy atom. The van der Waals surface area contributed by atoms with Gasteiger partial charge in [-0.05, 0) is 23.5 Å². The first-order chi connectivity index (χ1) is 8.53. The number of rotatable bonds is 6. The molecule has 0 heterocycles. The Bertz CT molecular complexity index is 396. The second kappa shape index (κ2) is 6.55. The van der Waals surface area contributed by atoms with E-state index in [9.17, 15) is 4.79 Å². The molecular weight excluding hydrogens is 228 g/mol. The molecule has 0 aliphatic heterocycles. The molecule has 0 unspecified atom stereocenters. The van der Waals surface area contributed by atoms with Crippen LogP contribution < -0.4 is 0 Å². The van der Waals surface area contributed by atoms with E-state index in [4.69, 9.17) is 5.26 Å². The Labute approximate surface area is 109 Å². The minimum atomic E-state index is -0.686. The van der Waals surface area contributed by atoms with Gasteiger partial charge in [0.1, 0.15) is 0 Å². The topological polar surface area (TPSA) is 46.5 Å². The number of carbonyl (C=O) groups excluding carboxylic acids is 1. The summed E-state index contributed by atoms with van der Waals surface area (Å²) < 4.78 is 0. The van der Waals surface area contributed by atoms with Crippen LogP contribution in [0.25, 0.3) is 0 Å². The van der Waals surface area contributed by atoms with Crippen LogP contribution in [0.3, 0.4) is 0 Å². The maximum absolute atomic E-state index is 11.5. The molecule has 0 saturated carbocycles. The van der Waals surface area contributed by atoms with Crippen LogP contribution in [-0.2, 0) is 10.3 Å². The van der Waals surface area contributed by atoms with E-state index in [0.717, 1.165) is 18.4 Å². The molecule has 0 aliphatic rings. The Morgan fingerprint density at radius 2 is 1.94 bits per heavy atom. The van der Waals surface area contributed by atoms with Gasteiger partial charge in [-0.1, -0.05) is 58.2 Å². The molecule has 0 saturated heterocycles. The van der Waals surface area contributed by atoms with Gasteiger partial charge in [-0.25, -0.2) is 4.79 Å². The van der Waals surface area contributed by atoms with Gasteiger partial charge in [0.2, 0.25) is 0 Å². The van der Waals surface area contributed by atoms with E-state index >= 15 is 0 Å². The normalized spacial score (nSPS) is 11.3. The monoisotopic (exact) mass is 250 g/mol. The second-order valence-corrected chi connectivity index (χ2v) is 5.27. The second-order valence-electron chi connectivity index (χ2n) is 5.27. The Morgan fingerprint density at radius 1 is 1.28 bits per heavy atom. The van der Waals surface area contributed by atoms with Gasteiger partial charge in [0.15, 0.2) is 0 Å². The molecule has 3 heteroatoms. The molecule has 1 N–H and O–H groups in total. The maximum atomic E-state index is 11.5. The average Bonchev–Trinajstić information content (AvgIpc) is 2.38. The highest BCUT2D eigenvalue weighted by atomic mass is 17.1. The predicted octanol–water partition coefficient (Wildman–Crippen LogP) is 4.17. The average molecular weight is 250 g/mol. The number of unbranched alkanes of at least 4 members (excludes halogenated alkanes) is 2. The van der Waals surface area contributed by atoms with Crippen LogP contribution in [0, 0.1) is 0 Å². The lowest BCUT2D eigenvalue weighted by atomic mass is 9.78. The quantitative estimate of drug-likeness (QED) is 0.468. The van der Waals surface area contributed by atoms with E-state index in [0.29, 0.717) is 5.56 Å². The standard InChI is InChI=1S/C15H22O3/c1-4-5-8-11-15(2,3)13-10-7-6-9-12(13)14(16)18-17/h6-7,9-10,17H,4-5,8,11H2,1-3H3. The van der Waals surface area contributed by atoms with Crippen LogP contribution in [0.1, 0.15) is 62.4 Å². The molecule has 18 heavy (non-hydrogen) atoms. The van der Waals surface area contributed by atoms with Gasteiger partial charge in [0.25, 0.3) is 0 Å². The van der Waals surface area contributed by atoms with Crippen molar-refractivity contribution in [3.05, 3.63) is 35.4 Å². The van der Waals surface area contributed by atoms with Gasteiger partial charge in [-0.2, -0.15) is 5.26 Å². The lowest BCUT2D eigenvalue weighted by Crippen LogP contribution is -2.21. The van der Waals surface area contributed by atoms with Crippen LogP contribution in [-0.4, -0.2) is 11.2 Å². The van der Waals surface area contributed by atoms with E-state index in [2.05, 4.69) is 25.7 Å². The van der Waals surface area contributed by atoms with Crippen molar-refractivity contribution in [1.82, 2.24) is 0 Å². The summed E-state index contributed by atoms with van der Waals surface area (Å²) in [5, 5.41) is 8.54. The van der Waals surface area contributed by atoms with Gasteiger partial charge in [0, 0.05) is 0 Å². The van der Waals surface area contributed by atoms with E-state index in [1.165, 1.54) is 12.8 Å². The molecule has 1 aromatic carbocycles. The number of hydrogen-bond donors (Lipinski definition) is 1. The Kier molecular flexibility index (Phi) is 5.35. The van der Waals surface area contributed by atoms with Gasteiger partial charge in [-0.3, -0.25) is 4.89 Å². The van der Waals surface area contributed by atoms with Crippen molar-refractivity contribution < 1.29 is 14.9 Å². The molecule has 0 bridgehead atoms. The first kappa shape index (κ1) is 14.7. The molecule has 0 aromatic heterocycles. The highest BCUT2D eigenvalue weighted by molar-refractivity contribution is 5.91. The number of hydrogen-bond acceptors (Lipinski definition) is 3. The fraction of sp³-hybridized carbons (Fsp3) is 0.533. The molecule has 1 aromatic rings. The van der Waals surface area contributed by atoms with Gasteiger partial charge in [0.05, 0.1) is 5.56 Å². The molecule has 100 valence electrons. The van der Waals surface area contributed by atoms with Crippen molar-refractivity contribution in [3.8, 4) is 0 Å². The third-order valence-corrected chi connectivity index (χ3v) is 3.36. The van der Waals surface area contributed by atoms with Crippen molar-refractivity contribution in [2.24, 2.45) is 0 Å². The summed E-state index contributed by atoms with van der Waals surface area (Å²) in [4.78, 5) is 15.4. The molecule has 1 rings (SSSR count). The highest BCUT2D eigenvalue weighted by Crippen LogP contribution is 2.32. The molecule has 0 fully saturated rings. The van der Waals surface area contributed by atoms with Crippen molar-refractivity contribution in [2.75, 3.05) is 0 Å². The molecule has 0 radical (unpaired) electrons. The minimum absolute atomic E-state index is 0.0973. The SMILES string of the molecule is CCCCCC(C)(C)c1ccccc1C(=O)OO. The van der Waals surface area contributed by atoms with Crippen molar-refractivity contribution in [1.29, 1.82) is 0 Å². The van der Waals surface area contributed by atoms with Crippen molar-refractivity contribution in [3.63, 3.8) is 0 Å². The van der Waals surface area contributed by atoms with Crippen LogP contribution in [0.4, 0.5) is 0 Å². The summed E-state index contributed by atoms with van der Waals surface area (Å²) in [6, 6.07) is 7.30. The largest absolute Gasteiger partial charge is 0.373 e. The van der Waals surface area contributed by atoms with Gasteiger partial charge >= 0.3 is 5.97 Å². The lowest BCUT2D eigenvalue weighted by Gasteiger charge is -2.27. The van der Waals surface area contributed by atoms with Crippen LogP contribution in [0.15, 0.2) is 24.3 Å². The van der Waals surface area contributed by atoms with Gasteiger partial charge in [-0.15, -0.1) is 0 Å². The van der Waals surface area contributed by atoms with Crippen molar-refractivity contribution >= 4 is 5.97 Å². The van der Waals surface area contributed by atoms with Crippen LogP contribution >= 0.6 is 0 Å². The minimum Gasteiger partial charge on any atom is -0.295 e. The van der Waals surface area contributed by atoms with E-state index in [1.807, 2.05) is 12.1 Å². The fourth-order valence-corrected chi connectivity index (χ4v) is 2.25. The molecule has 0 amide bonds. The Balaban J connectivity index is 2.96. The van der Waals surface area contributed by atoms with Crippen LogP contribution in [0.5, 0.6) is 0 Å². The van der Waals surface area contributed by atoms with E-state index in [1.54, 1.807) is 12.1 Å². The summed E-state index contributed by atoms with van der Waals surface area (Å²) in [7, 11) is 0. The molecular formula is C15H22O3. The lowest BCUT2D eigenvalue weighted by molar-refractivity contribution is -0.182. The zero-order valence-electron chi connectivity index (χ0n) is 11.4. The molecule has 0 aliphatic carbocycles. The van der Waals surface area contributed by atoms with Crippen LogP contribution in [0.2, 0.25) is 0 Å². The summed E-state index contributed by atoms with van der Waals surface area (Å²) in [5.41, 5.74) is 1.28. The van der Waals surface area contributed by atoms with E-state index < -0.39 is 5.97 Å². The number of benzene rings is 1. The molecule has 0 atom stereocenters. The third-order valence-electron chi connectivity index (χ3n) is 3.36. The zero-order chi connectivity index (χ0) is 13.6. The molecule has 0 spiro atoms. The predicted molar refractivity (Wildman–Crippen MR) is 71.7 cm³/mol. The zero-order valence-corrected chi connectivity index (χ0v) is 11.4. The Hall–Kier alpha value is -1.35. The fourth-order valence-electron chi connectivity index (χ4n) is 2.25. The third kappa shape index (κ3) is 3.57. The van der Waals surface area contributed by atoms with Gasteiger partial charge < -0.3 is 0 Å². The molecule has 3 nitrogen and oxygen atoms in total. The summed E-state index contributed by atoms with van der Waals surface area (Å²) >= 11 is 0. The number of carbonyl (C=O) groups is 1. The summed E-state index contributed by atoms with van der Waals surface area (Å²) in [6.45, 7) is 6.41. The van der Waals surface area contributed by atoms with Crippen molar-refractivity contribution in [2.45, 2.75) is 51.9 Å². The summed E-state index contributed by atoms with van der Waals surface area (Å²) in [5.74, 6) is -0.686. The smallest absolute Gasteiger partial charge is 0.295 e. The summed E-state index contributed by atoms with van der Waals surface area (Å²) in [6.07, 6.45) is 4.51. The first-order valence-corrected chi connectivity index (χ1v) is 6.48. The first-order valence-electron chi connectivity index (χ1n) is 6.48. The van der Waals surface area contributed by atoms with E-state index in [-0.39, 0.29) is 5.41 Å². The highest BCUT2D eigenvalue weighted by Gasteiger charge is 2.26. The maximum Gasteiger partial charge on any atom is 0.373 e.